The highest BCUT2D eigenvalue weighted by atomic mass is 16.3. The molecule has 2 aliphatic carbocycles. The lowest BCUT2D eigenvalue weighted by molar-refractivity contribution is 0.279. The van der Waals surface area contributed by atoms with Gasteiger partial charge in [0, 0.05) is 29.5 Å². The Hall–Kier alpha value is -2.52. The fourth-order valence-electron chi connectivity index (χ4n) is 7.43. The Bertz CT molecular complexity index is 1220. The second kappa shape index (κ2) is 18.1. The molecule has 0 bridgehead atoms. The van der Waals surface area contributed by atoms with Crippen LogP contribution < -0.4 is 22.9 Å². The van der Waals surface area contributed by atoms with E-state index < -0.39 is 0 Å². The number of aromatic hydroxyl groups is 1. The molecule has 1 saturated carbocycles. The van der Waals surface area contributed by atoms with E-state index in [1.807, 2.05) is 19.4 Å². The van der Waals surface area contributed by atoms with Gasteiger partial charge in [0.1, 0.15) is 11.5 Å². The molecule has 0 saturated heterocycles. The molecule has 0 aromatic heterocycles. The van der Waals surface area contributed by atoms with E-state index in [0.29, 0.717) is 31.9 Å². The third kappa shape index (κ3) is 9.99. The predicted octanol–water partition coefficient (Wildman–Crippen LogP) is 6.50. The van der Waals surface area contributed by atoms with Crippen molar-refractivity contribution < 1.29 is 10.2 Å². The second-order valence-corrected chi connectivity index (χ2v) is 14.5. The Morgan fingerprint density at radius 2 is 1.28 bits per heavy atom. The average Bonchev–Trinajstić information content (AvgIpc) is 3.05. The van der Waals surface area contributed by atoms with Gasteiger partial charge in [0.05, 0.1) is 12.1 Å². The molecule has 8 nitrogen and oxygen atoms in total. The third-order valence-corrected chi connectivity index (χ3v) is 10.7. The lowest BCUT2D eigenvalue weighted by atomic mass is 9.69. The van der Waals surface area contributed by atoms with Crippen LogP contribution in [0.3, 0.4) is 0 Å². The van der Waals surface area contributed by atoms with Crippen molar-refractivity contribution in [2.75, 3.05) is 26.2 Å². The minimum absolute atomic E-state index is 0.00381. The van der Waals surface area contributed by atoms with E-state index in [1.165, 1.54) is 11.1 Å². The Labute approximate surface area is 278 Å². The van der Waals surface area contributed by atoms with Crippen LogP contribution in [0.2, 0.25) is 0 Å². The summed E-state index contributed by atoms with van der Waals surface area (Å²) in [6, 6.07) is 4.24. The number of benzene rings is 1. The molecule has 258 valence electrons. The molecule has 0 aliphatic heterocycles. The number of hydrogen-bond acceptors (Lipinski definition) is 8. The number of aryl methyl sites for hydroxylation is 1. The van der Waals surface area contributed by atoms with Crippen LogP contribution in [-0.2, 0) is 5.41 Å². The maximum absolute atomic E-state index is 11.1. The molecule has 3 atom stereocenters. The van der Waals surface area contributed by atoms with Crippen LogP contribution >= 0.6 is 0 Å². The van der Waals surface area contributed by atoms with Crippen molar-refractivity contribution >= 4 is 12.4 Å². The zero-order valence-electron chi connectivity index (χ0n) is 29.2. The lowest BCUT2D eigenvalue weighted by Crippen LogP contribution is -2.28. The van der Waals surface area contributed by atoms with Gasteiger partial charge in [-0.2, -0.15) is 0 Å². The highest BCUT2D eigenvalue weighted by molar-refractivity contribution is 5.85. The monoisotopic (exact) mass is 637 g/mol. The van der Waals surface area contributed by atoms with Gasteiger partial charge in [-0.25, -0.2) is 0 Å². The van der Waals surface area contributed by atoms with Crippen molar-refractivity contribution in [2.45, 2.75) is 129 Å². The number of aliphatic hydroxyl groups is 1. The Balaban J connectivity index is 1.88. The topological polar surface area (TPSA) is 169 Å². The minimum atomic E-state index is -0.0681. The van der Waals surface area contributed by atoms with Gasteiger partial charge in [-0.1, -0.05) is 51.3 Å². The SMILES string of the molecule is Cc1cc(C(C)(CCCN)CCCN)cc(/C=N/[C@@H]2CCCC[C@H]2/N=C/C2=C(O)C(C)CC(C(C)(CCCN)CCCN)=C2)c1O. The van der Waals surface area contributed by atoms with E-state index in [4.69, 9.17) is 32.9 Å². The Morgan fingerprint density at radius 1 is 0.783 bits per heavy atom. The van der Waals surface area contributed by atoms with Crippen molar-refractivity contribution in [3.05, 3.63) is 51.8 Å². The van der Waals surface area contributed by atoms with Crippen molar-refractivity contribution in [1.82, 2.24) is 0 Å². The van der Waals surface area contributed by atoms with E-state index in [9.17, 15) is 10.2 Å². The maximum atomic E-state index is 11.1. The van der Waals surface area contributed by atoms with Crippen LogP contribution in [0.15, 0.2) is 45.1 Å². The first kappa shape index (κ1) is 37.9. The number of nitrogens with two attached hydrogens (primary N) is 4. The van der Waals surface area contributed by atoms with Crippen LogP contribution in [0.5, 0.6) is 5.75 Å². The van der Waals surface area contributed by atoms with Crippen LogP contribution in [-0.4, -0.2) is 60.9 Å². The van der Waals surface area contributed by atoms with E-state index in [1.54, 1.807) is 0 Å². The molecule has 0 radical (unpaired) electrons. The molecule has 1 fully saturated rings. The summed E-state index contributed by atoms with van der Waals surface area (Å²) >= 11 is 0. The van der Waals surface area contributed by atoms with Crippen molar-refractivity contribution in [1.29, 1.82) is 0 Å². The first-order chi connectivity index (χ1) is 22.0. The lowest BCUT2D eigenvalue weighted by Gasteiger charge is -2.36. The Morgan fingerprint density at radius 3 is 1.80 bits per heavy atom. The smallest absolute Gasteiger partial charge is 0.127 e. The van der Waals surface area contributed by atoms with Crippen molar-refractivity contribution in [3.8, 4) is 5.75 Å². The van der Waals surface area contributed by atoms with E-state index >= 15 is 0 Å². The fourth-order valence-corrected chi connectivity index (χ4v) is 7.43. The number of aliphatic hydroxyl groups excluding tert-OH is 1. The zero-order chi connectivity index (χ0) is 33.7. The molecular weight excluding hydrogens is 572 g/mol. The van der Waals surface area contributed by atoms with Gasteiger partial charge < -0.3 is 33.1 Å². The highest BCUT2D eigenvalue weighted by Gasteiger charge is 2.33. The number of rotatable bonds is 18. The van der Waals surface area contributed by atoms with Crippen LogP contribution in [0.4, 0.5) is 0 Å². The van der Waals surface area contributed by atoms with Crippen molar-refractivity contribution in [3.63, 3.8) is 0 Å². The summed E-state index contributed by atoms with van der Waals surface area (Å²) in [4.78, 5) is 10.1. The number of phenols is 1. The van der Waals surface area contributed by atoms with Gasteiger partial charge in [0.15, 0.2) is 0 Å². The third-order valence-electron chi connectivity index (χ3n) is 10.7. The first-order valence-corrected chi connectivity index (χ1v) is 17.9. The molecule has 1 aromatic carbocycles. The summed E-state index contributed by atoms with van der Waals surface area (Å²) in [5.41, 5.74) is 28.5. The number of aliphatic imine (C=N–C) groups is 2. The summed E-state index contributed by atoms with van der Waals surface area (Å²) < 4.78 is 0. The average molecular weight is 637 g/mol. The van der Waals surface area contributed by atoms with Crippen LogP contribution in [0.25, 0.3) is 0 Å². The zero-order valence-corrected chi connectivity index (χ0v) is 29.2. The summed E-state index contributed by atoms with van der Waals surface area (Å²) in [5.74, 6) is 0.725. The molecule has 10 N–H and O–H groups in total. The van der Waals surface area contributed by atoms with E-state index in [0.717, 1.165) is 100 Å². The largest absolute Gasteiger partial charge is 0.511 e. The minimum Gasteiger partial charge on any atom is -0.511 e. The standard InChI is InChI=1S/C38H64N6O2/c1-27-21-31(37(3,13-7-17-39)14-8-18-40)23-29(35(27)45)25-43-33-11-5-6-12-34(33)44-26-30-24-32(22-28(2)36(30)46)38(4,15-9-19-41)16-10-20-42/h21,23-26,28,33-34,45-46H,5-20,22,39-42H2,1-4H3/b43-25+,44-26+/t28?,33-,34-/m1/s1. The van der Waals surface area contributed by atoms with Gasteiger partial charge in [-0.3, -0.25) is 9.98 Å². The number of phenolic OH excluding ortho intramolecular Hbond substituents is 1. The summed E-state index contributed by atoms with van der Waals surface area (Å²) in [6.45, 7) is 11.3. The fraction of sp³-hybridized carbons (Fsp3) is 0.684. The van der Waals surface area contributed by atoms with Gasteiger partial charge >= 0.3 is 0 Å². The molecule has 1 unspecified atom stereocenters. The highest BCUT2D eigenvalue weighted by Crippen LogP contribution is 2.44. The molecule has 46 heavy (non-hydrogen) atoms. The van der Waals surface area contributed by atoms with Crippen LogP contribution in [0.1, 0.15) is 121 Å². The predicted molar refractivity (Wildman–Crippen MR) is 195 cm³/mol. The molecule has 8 heteroatoms. The Kier molecular flexibility index (Phi) is 15.0. The van der Waals surface area contributed by atoms with E-state index in [2.05, 4.69) is 39.0 Å². The maximum Gasteiger partial charge on any atom is 0.127 e. The number of nitrogens with zero attached hydrogens (tertiary/aromatic N) is 2. The van der Waals surface area contributed by atoms with Gasteiger partial charge in [-0.15, -0.1) is 0 Å². The quantitative estimate of drug-likeness (QED) is 0.101. The molecule has 3 rings (SSSR count). The molecule has 0 spiro atoms. The van der Waals surface area contributed by atoms with Crippen LogP contribution in [0, 0.1) is 18.3 Å². The van der Waals surface area contributed by atoms with Gasteiger partial charge in [0.2, 0.25) is 0 Å². The van der Waals surface area contributed by atoms with Crippen molar-refractivity contribution in [2.24, 2.45) is 44.3 Å². The molecule has 0 heterocycles. The number of hydrogen-bond donors (Lipinski definition) is 6. The summed E-state index contributed by atoms with van der Waals surface area (Å²) in [5, 5.41) is 22.2. The number of allylic oxidation sites excluding steroid dienone is 4. The first-order valence-electron chi connectivity index (χ1n) is 17.9. The van der Waals surface area contributed by atoms with E-state index in [-0.39, 0.29) is 34.6 Å². The molecule has 1 aromatic rings. The summed E-state index contributed by atoms with van der Waals surface area (Å²) in [6.07, 6.45) is 18.6. The second-order valence-electron chi connectivity index (χ2n) is 14.5. The van der Waals surface area contributed by atoms with Gasteiger partial charge in [0.25, 0.3) is 0 Å². The molecule has 2 aliphatic rings. The normalized spacial score (nSPS) is 21.5. The summed E-state index contributed by atoms with van der Waals surface area (Å²) in [7, 11) is 0. The molecular formula is C38H64N6O2. The van der Waals surface area contributed by atoms with Gasteiger partial charge in [-0.05, 0) is 132 Å². The molecule has 0 amide bonds.